The first-order chi connectivity index (χ1) is 8.13. The van der Waals surface area contributed by atoms with Gasteiger partial charge in [-0.2, -0.15) is 0 Å². The maximum Gasteiger partial charge on any atom is 0.329 e. The number of nitrogens with one attached hydrogen (secondary N) is 2. The minimum Gasteiger partial charge on any atom is -0.333 e. The van der Waals surface area contributed by atoms with Crippen LogP contribution in [0.25, 0.3) is 17.2 Å². The van der Waals surface area contributed by atoms with Gasteiger partial charge in [0.25, 0.3) is 5.56 Å². The van der Waals surface area contributed by atoms with E-state index < -0.39 is 11.2 Å². The minimum absolute atomic E-state index is 0.291. The monoisotopic (exact) mass is 235 g/mol. The first-order valence-corrected chi connectivity index (χ1v) is 5.19. The number of hydrogen-bond acceptors (Lipinski definition) is 4. The van der Waals surface area contributed by atoms with E-state index in [1.54, 1.807) is 13.1 Å². The number of H-pyrrole nitrogens is 2. The average Bonchev–Trinajstić information content (AvgIpc) is 2.71. The van der Waals surface area contributed by atoms with E-state index in [1.807, 2.05) is 6.08 Å². The van der Waals surface area contributed by atoms with Crippen molar-refractivity contribution in [1.29, 1.82) is 0 Å². The van der Waals surface area contributed by atoms with E-state index in [0.29, 0.717) is 23.5 Å². The predicted octanol–water partition coefficient (Wildman–Crippen LogP) is -0.688. The van der Waals surface area contributed by atoms with E-state index in [9.17, 15) is 9.59 Å². The molecule has 0 unspecified atom stereocenters. The second-order valence-corrected chi connectivity index (χ2v) is 3.62. The van der Waals surface area contributed by atoms with Crippen LogP contribution in [0, 0.1) is 0 Å². The minimum atomic E-state index is -0.480. The highest BCUT2D eigenvalue weighted by atomic mass is 16.2. The Morgan fingerprint density at radius 3 is 2.88 bits per heavy atom. The molecule has 7 nitrogen and oxygen atoms in total. The van der Waals surface area contributed by atoms with Crippen LogP contribution in [0.2, 0.25) is 0 Å². The number of hydrogen-bond donors (Lipinski definition) is 3. The third kappa shape index (κ3) is 2.04. The highest BCUT2D eigenvalue weighted by molar-refractivity contribution is 5.71. The molecule has 0 amide bonds. The molecule has 0 saturated heterocycles. The molecule has 0 atom stereocenters. The highest BCUT2D eigenvalue weighted by Crippen LogP contribution is 2.05. The Labute approximate surface area is 96.0 Å². The van der Waals surface area contributed by atoms with Crippen molar-refractivity contribution in [2.45, 2.75) is 6.42 Å². The van der Waals surface area contributed by atoms with E-state index >= 15 is 0 Å². The van der Waals surface area contributed by atoms with Gasteiger partial charge in [0.05, 0.1) is 0 Å². The summed E-state index contributed by atoms with van der Waals surface area (Å²) in [6.07, 6.45) is 4.31. The lowest BCUT2D eigenvalue weighted by Crippen LogP contribution is -2.28. The molecule has 0 aromatic carbocycles. The van der Waals surface area contributed by atoms with Gasteiger partial charge in [0, 0.05) is 7.05 Å². The van der Waals surface area contributed by atoms with E-state index in [0.717, 1.165) is 6.42 Å². The third-order valence-electron chi connectivity index (χ3n) is 2.38. The molecule has 0 saturated carbocycles. The number of imidazole rings is 1. The molecule has 2 rings (SSSR count). The molecule has 4 N–H and O–H groups in total. The Balaban J connectivity index is 2.58. The van der Waals surface area contributed by atoms with Gasteiger partial charge in [0.1, 0.15) is 11.3 Å². The second kappa shape index (κ2) is 4.38. The molecule has 17 heavy (non-hydrogen) atoms. The highest BCUT2D eigenvalue weighted by Gasteiger charge is 2.08. The van der Waals surface area contributed by atoms with Crippen molar-refractivity contribution in [2.75, 3.05) is 6.54 Å². The summed E-state index contributed by atoms with van der Waals surface area (Å²) in [5.41, 5.74) is 5.04. The number of fused-ring (bicyclic) bond motifs is 1. The van der Waals surface area contributed by atoms with E-state index in [2.05, 4.69) is 15.0 Å². The number of aromatic amines is 2. The van der Waals surface area contributed by atoms with Crippen molar-refractivity contribution in [3.63, 3.8) is 0 Å². The summed E-state index contributed by atoms with van der Waals surface area (Å²) in [5, 5.41) is 0. The SMILES string of the molecule is Cn1c(=O)[nH]c(=O)c2[nH]c(C=CCCN)nc21. The van der Waals surface area contributed by atoms with Gasteiger partial charge in [-0.15, -0.1) is 0 Å². The van der Waals surface area contributed by atoms with E-state index in [4.69, 9.17) is 5.73 Å². The second-order valence-electron chi connectivity index (χ2n) is 3.62. The van der Waals surface area contributed by atoms with Crippen LogP contribution in [-0.4, -0.2) is 26.1 Å². The van der Waals surface area contributed by atoms with Gasteiger partial charge in [-0.1, -0.05) is 6.08 Å². The predicted molar refractivity (Wildman–Crippen MR) is 64.7 cm³/mol. The molecule has 0 bridgehead atoms. The fourth-order valence-corrected chi connectivity index (χ4v) is 1.49. The molecule has 2 heterocycles. The number of aromatic nitrogens is 4. The Bertz CT molecular complexity index is 676. The standard InChI is InChI=1S/C10H13N5O2/c1-15-8-7(9(16)14-10(15)17)12-6(13-8)4-2-3-5-11/h2,4H,3,5,11H2,1H3,(H,12,13)(H,14,16,17). The molecule has 0 spiro atoms. The zero-order valence-corrected chi connectivity index (χ0v) is 9.36. The van der Waals surface area contributed by atoms with Crippen LogP contribution in [0.4, 0.5) is 0 Å². The van der Waals surface area contributed by atoms with Gasteiger partial charge < -0.3 is 10.7 Å². The molecule has 2 aromatic heterocycles. The van der Waals surface area contributed by atoms with Crippen LogP contribution in [-0.2, 0) is 7.05 Å². The summed E-state index contributed by atoms with van der Waals surface area (Å²) in [6, 6.07) is 0. The van der Waals surface area contributed by atoms with Crippen LogP contribution in [0.15, 0.2) is 15.7 Å². The zero-order chi connectivity index (χ0) is 12.4. The Morgan fingerprint density at radius 1 is 1.41 bits per heavy atom. The summed E-state index contributed by atoms with van der Waals surface area (Å²) >= 11 is 0. The summed E-state index contributed by atoms with van der Waals surface area (Å²) < 4.78 is 1.29. The van der Waals surface area contributed by atoms with Gasteiger partial charge in [-0.25, -0.2) is 9.78 Å². The topological polar surface area (TPSA) is 110 Å². The van der Waals surface area contributed by atoms with Crippen LogP contribution < -0.4 is 17.0 Å². The maximum absolute atomic E-state index is 11.5. The van der Waals surface area contributed by atoms with Crippen LogP contribution in [0.5, 0.6) is 0 Å². The fraction of sp³-hybridized carbons (Fsp3) is 0.300. The number of rotatable bonds is 3. The van der Waals surface area contributed by atoms with Crippen molar-refractivity contribution >= 4 is 17.2 Å². The summed E-state index contributed by atoms with van der Waals surface area (Å²) in [4.78, 5) is 32.1. The van der Waals surface area contributed by atoms with Gasteiger partial charge in [0.2, 0.25) is 0 Å². The first-order valence-electron chi connectivity index (χ1n) is 5.19. The smallest absolute Gasteiger partial charge is 0.329 e. The third-order valence-corrected chi connectivity index (χ3v) is 2.38. The van der Waals surface area contributed by atoms with Crippen molar-refractivity contribution < 1.29 is 0 Å². The largest absolute Gasteiger partial charge is 0.333 e. The lowest BCUT2D eigenvalue weighted by Gasteiger charge is -1.94. The molecule has 7 heteroatoms. The normalized spacial score (nSPS) is 11.6. The fourth-order valence-electron chi connectivity index (χ4n) is 1.49. The van der Waals surface area contributed by atoms with Crippen molar-refractivity contribution in [1.82, 2.24) is 19.5 Å². The number of aryl methyl sites for hydroxylation is 1. The molecule has 0 radical (unpaired) electrons. The Morgan fingerprint density at radius 2 is 2.18 bits per heavy atom. The molecule has 2 aromatic rings. The lowest BCUT2D eigenvalue weighted by atomic mass is 10.4. The van der Waals surface area contributed by atoms with E-state index in [-0.39, 0.29) is 0 Å². The molecule has 0 aliphatic carbocycles. The first kappa shape index (κ1) is 11.3. The van der Waals surface area contributed by atoms with Crippen LogP contribution in [0.1, 0.15) is 12.2 Å². The Hall–Kier alpha value is -2.15. The van der Waals surface area contributed by atoms with Crippen molar-refractivity contribution in [2.24, 2.45) is 12.8 Å². The van der Waals surface area contributed by atoms with Gasteiger partial charge in [-0.3, -0.25) is 14.3 Å². The molecule has 0 aliphatic rings. The summed E-state index contributed by atoms with van der Waals surface area (Å²) in [6.45, 7) is 0.551. The zero-order valence-electron chi connectivity index (χ0n) is 9.36. The molecule has 0 fully saturated rings. The van der Waals surface area contributed by atoms with Gasteiger partial charge >= 0.3 is 5.69 Å². The summed E-state index contributed by atoms with van der Waals surface area (Å²) in [5.74, 6) is 0.528. The van der Waals surface area contributed by atoms with Crippen LogP contribution >= 0.6 is 0 Å². The molecular weight excluding hydrogens is 222 g/mol. The quantitative estimate of drug-likeness (QED) is 0.654. The maximum atomic E-state index is 11.5. The van der Waals surface area contributed by atoms with Gasteiger partial charge in [-0.05, 0) is 19.0 Å². The lowest BCUT2D eigenvalue weighted by molar-refractivity contribution is 0.832. The molecule has 0 aliphatic heterocycles. The van der Waals surface area contributed by atoms with Crippen LogP contribution in [0.3, 0.4) is 0 Å². The van der Waals surface area contributed by atoms with Gasteiger partial charge in [0.15, 0.2) is 5.65 Å². The Kier molecular flexibility index (Phi) is 2.92. The molecule has 90 valence electrons. The number of nitrogens with two attached hydrogens (primary N) is 1. The number of nitrogens with zero attached hydrogens (tertiary/aromatic N) is 2. The average molecular weight is 235 g/mol. The summed E-state index contributed by atoms with van der Waals surface area (Å²) in [7, 11) is 1.55. The van der Waals surface area contributed by atoms with Crippen molar-refractivity contribution in [3.8, 4) is 0 Å². The molecular formula is C10H13N5O2. The van der Waals surface area contributed by atoms with Crippen molar-refractivity contribution in [3.05, 3.63) is 32.7 Å². The van der Waals surface area contributed by atoms with E-state index in [1.165, 1.54) is 4.57 Å².